The van der Waals surface area contributed by atoms with Gasteiger partial charge in [0.1, 0.15) is 0 Å². The van der Waals surface area contributed by atoms with E-state index in [-0.39, 0.29) is 24.8 Å². The van der Waals surface area contributed by atoms with Crippen LogP contribution in [-0.4, -0.2) is 35.0 Å². The molecule has 1 saturated carbocycles. The van der Waals surface area contributed by atoms with E-state index in [1.807, 2.05) is 0 Å². The summed E-state index contributed by atoms with van der Waals surface area (Å²) in [6.07, 6.45) is -2.39. The number of benzene rings is 1. The van der Waals surface area contributed by atoms with Gasteiger partial charge >= 0.3 is 12.1 Å². The molecule has 1 amide bonds. The molecule has 1 aliphatic heterocycles. The number of hydrogen-bond donors (Lipinski definition) is 1. The maximum atomic E-state index is 12.5. The van der Waals surface area contributed by atoms with Crippen molar-refractivity contribution in [2.24, 2.45) is 17.8 Å². The zero-order valence-electron chi connectivity index (χ0n) is 12.9. The second-order valence-corrected chi connectivity index (χ2v) is 6.62. The topological polar surface area (TPSA) is 57.6 Å². The Balaban J connectivity index is 1.64. The molecule has 1 aromatic rings. The van der Waals surface area contributed by atoms with Gasteiger partial charge in [0.2, 0.25) is 5.91 Å². The minimum atomic E-state index is -4.40. The van der Waals surface area contributed by atoms with Gasteiger partial charge in [-0.25, -0.2) is 0 Å². The predicted octanol–water partition coefficient (Wildman–Crippen LogP) is 2.82. The molecule has 0 unspecified atom stereocenters. The number of carboxylic acid groups (broad SMARTS) is 1. The molecule has 2 fully saturated rings. The SMILES string of the molecule is O=C(O)[C@@H]1CN(C(=O)Cc2ccc(C(F)(F)F)cc2)C[C@H]1C1CC1. The van der Waals surface area contributed by atoms with Gasteiger partial charge in [-0.2, -0.15) is 13.2 Å². The van der Waals surface area contributed by atoms with Gasteiger partial charge in [0.25, 0.3) is 0 Å². The van der Waals surface area contributed by atoms with E-state index in [4.69, 9.17) is 0 Å². The first-order valence-corrected chi connectivity index (χ1v) is 7.92. The van der Waals surface area contributed by atoms with Crippen LogP contribution in [0.25, 0.3) is 0 Å². The Hall–Kier alpha value is -2.05. The van der Waals surface area contributed by atoms with Crippen LogP contribution in [-0.2, 0) is 22.2 Å². The molecule has 0 bridgehead atoms. The van der Waals surface area contributed by atoms with E-state index < -0.39 is 23.6 Å². The van der Waals surface area contributed by atoms with E-state index in [9.17, 15) is 27.9 Å². The Morgan fingerprint density at radius 1 is 1.12 bits per heavy atom. The Labute approximate surface area is 137 Å². The van der Waals surface area contributed by atoms with Gasteiger partial charge in [-0.05, 0) is 42.4 Å². The van der Waals surface area contributed by atoms with Gasteiger partial charge in [-0.1, -0.05) is 12.1 Å². The Kier molecular flexibility index (Phi) is 4.27. The fraction of sp³-hybridized carbons (Fsp3) is 0.529. The van der Waals surface area contributed by atoms with Gasteiger partial charge in [-0.3, -0.25) is 9.59 Å². The molecule has 1 saturated heterocycles. The Morgan fingerprint density at radius 2 is 1.75 bits per heavy atom. The maximum absolute atomic E-state index is 12.5. The van der Waals surface area contributed by atoms with Crippen molar-refractivity contribution in [2.75, 3.05) is 13.1 Å². The third-order valence-corrected chi connectivity index (χ3v) is 4.90. The summed E-state index contributed by atoms with van der Waals surface area (Å²) in [5, 5.41) is 9.31. The van der Waals surface area contributed by atoms with Gasteiger partial charge in [0.15, 0.2) is 0 Å². The lowest BCUT2D eigenvalue weighted by Crippen LogP contribution is -2.31. The molecule has 1 heterocycles. The van der Waals surface area contributed by atoms with Crippen LogP contribution < -0.4 is 0 Å². The molecule has 2 atom stereocenters. The number of carboxylic acids is 1. The molecule has 1 aliphatic carbocycles. The first-order valence-electron chi connectivity index (χ1n) is 7.92. The second-order valence-electron chi connectivity index (χ2n) is 6.62. The van der Waals surface area contributed by atoms with Crippen LogP contribution in [0, 0.1) is 17.8 Å². The van der Waals surface area contributed by atoms with Crippen LogP contribution in [0.1, 0.15) is 24.0 Å². The van der Waals surface area contributed by atoms with E-state index in [1.165, 1.54) is 12.1 Å². The summed E-state index contributed by atoms with van der Waals surface area (Å²) < 4.78 is 37.6. The fourth-order valence-corrected chi connectivity index (χ4v) is 3.39. The van der Waals surface area contributed by atoms with E-state index >= 15 is 0 Å². The van der Waals surface area contributed by atoms with Gasteiger partial charge in [-0.15, -0.1) is 0 Å². The lowest BCUT2D eigenvalue weighted by atomic mass is 9.92. The number of likely N-dealkylation sites (tertiary alicyclic amines) is 1. The van der Waals surface area contributed by atoms with Crippen LogP contribution in [0.2, 0.25) is 0 Å². The maximum Gasteiger partial charge on any atom is 0.416 e. The third-order valence-electron chi connectivity index (χ3n) is 4.90. The smallest absolute Gasteiger partial charge is 0.416 e. The van der Waals surface area contributed by atoms with Crippen LogP contribution in [0.3, 0.4) is 0 Å². The van der Waals surface area contributed by atoms with Gasteiger partial charge in [0.05, 0.1) is 17.9 Å². The third kappa shape index (κ3) is 3.55. The van der Waals surface area contributed by atoms with Crippen molar-refractivity contribution in [3.05, 3.63) is 35.4 Å². The number of nitrogens with zero attached hydrogens (tertiary/aromatic N) is 1. The zero-order chi connectivity index (χ0) is 17.5. The summed E-state index contributed by atoms with van der Waals surface area (Å²) in [6.45, 7) is 0.622. The van der Waals surface area contributed by atoms with E-state index in [2.05, 4.69) is 0 Å². The van der Waals surface area contributed by atoms with Crippen molar-refractivity contribution in [2.45, 2.75) is 25.4 Å². The first kappa shape index (κ1) is 16.8. The highest BCUT2D eigenvalue weighted by molar-refractivity contribution is 5.81. The summed E-state index contributed by atoms with van der Waals surface area (Å²) in [6, 6.07) is 4.51. The molecule has 0 spiro atoms. The van der Waals surface area contributed by atoms with Crippen molar-refractivity contribution in [1.29, 1.82) is 0 Å². The molecule has 0 radical (unpaired) electrons. The highest BCUT2D eigenvalue weighted by atomic mass is 19.4. The number of amides is 1. The highest BCUT2D eigenvalue weighted by Gasteiger charge is 2.46. The molecule has 3 rings (SSSR count). The number of halogens is 3. The summed E-state index contributed by atoms with van der Waals surface area (Å²) in [5.41, 5.74) is -0.255. The predicted molar refractivity (Wildman–Crippen MR) is 79.1 cm³/mol. The molecule has 1 aromatic carbocycles. The van der Waals surface area contributed by atoms with E-state index in [0.717, 1.165) is 25.0 Å². The first-order chi connectivity index (χ1) is 11.3. The van der Waals surface area contributed by atoms with Crippen molar-refractivity contribution in [3.8, 4) is 0 Å². The number of aliphatic carboxylic acids is 1. The molecular formula is C17H18F3NO3. The molecule has 130 valence electrons. The van der Waals surface area contributed by atoms with Crippen LogP contribution >= 0.6 is 0 Å². The number of carbonyl (C=O) groups excluding carboxylic acids is 1. The average molecular weight is 341 g/mol. The second kappa shape index (κ2) is 6.11. The highest BCUT2D eigenvalue weighted by Crippen LogP contribution is 2.44. The van der Waals surface area contributed by atoms with Crippen LogP contribution in [0.5, 0.6) is 0 Å². The lowest BCUT2D eigenvalue weighted by Gasteiger charge is -2.16. The van der Waals surface area contributed by atoms with Crippen molar-refractivity contribution in [1.82, 2.24) is 4.90 Å². The summed E-state index contributed by atoms with van der Waals surface area (Å²) in [4.78, 5) is 25.3. The lowest BCUT2D eigenvalue weighted by molar-refractivity contribution is -0.143. The van der Waals surface area contributed by atoms with Crippen LogP contribution in [0.4, 0.5) is 13.2 Å². The van der Waals surface area contributed by atoms with Gasteiger partial charge in [0, 0.05) is 13.1 Å². The molecule has 7 heteroatoms. The zero-order valence-corrected chi connectivity index (χ0v) is 12.9. The fourth-order valence-electron chi connectivity index (χ4n) is 3.39. The minimum absolute atomic E-state index is 0.000875. The molecule has 0 aromatic heterocycles. The normalized spacial score (nSPS) is 24.2. The molecular weight excluding hydrogens is 323 g/mol. The van der Waals surface area contributed by atoms with Gasteiger partial charge < -0.3 is 10.0 Å². The monoisotopic (exact) mass is 341 g/mol. The molecule has 24 heavy (non-hydrogen) atoms. The van der Waals surface area contributed by atoms with E-state index in [0.29, 0.717) is 18.0 Å². The summed E-state index contributed by atoms with van der Waals surface area (Å²) in [5.74, 6) is -1.26. The number of alkyl halides is 3. The average Bonchev–Trinajstić information content (AvgIpc) is 3.24. The summed E-state index contributed by atoms with van der Waals surface area (Å²) in [7, 11) is 0. The molecule has 2 aliphatic rings. The largest absolute Gasteiger partial charge is 0.481 e. The number of hydrogen-bond acceptors (Lipinski definition) is 2. The minimum Gasteiger partial charge on any atom is -0.481 e. The standard InChI is InChI=1S/C17H18F3NO3/c18-17(19,20)12-5-1-10(2-6-12)7-15(22)21-8-13(11-3-4-11)14(9-21)16(23)24/h1-2,5-6,11,13-14H,3-4,7-9H2,(H,23,24)/t13-,14+/m0/s1. The summed E-state index contributed by atoms with van der Waals surface area (Å²) >= 11 is 0. The molecule has 4 nitrogen and oxygen atoms in total. The Morgan fingerprint density at radius 3 is 2.25 bits per heavy atom. The van der Waals surface area contributed by atoms with E-state index in [1.54, 1.807) is 4.90 Å². The number of rotatable bonds is 4. The van der Waals surface area contributed by atoms with Crippen molar-refractivity contribution in [3.63, 3.8) is 0 Å². The number of carbonyl (C=O) groups is 2. The quantitative estimate of drug-likeness (QED) is 0.916. The molecule has 1 N–H and O–H groups in total. The Bertz CT molecular complexity index is 637. The van der Waals surface area contributed by atoms with Crippen molar-refractivity contribution < 1.29 is 27.9 Å². The van der Waals surface area contributed by atoms with Crippen molar-refractivity contribution >= 4 is 11.9 Å². The van der Waals surface area contributed by atoms with Crippen LogP contribution in [0.15, 0.2) is 24.3 Å².